The zero-order chi connectivity index (χ0) is 12.4. The molecule has 0 bridgehead atoms. The topological polar surface area (TPSA) is 32.3 Å². The first-order valence-corrected chi connectivity index (χ1v) is 6.30. The molecule has 2 heterocycles. The van der Waals surface area contributed by atoms with E-state index in [1.807, 2.05) is 13.8 Å². The van der Waals surface area contributed by atoms with Gasteiger partial charge in [0.2, 0.25) is 0 Å². The monoisotopic (exact) mass is 234 g/mol. The van der Waals surface area contributed by atoms with Gasteiger partial charge in [0.1, 0.15) is 11.6 Å². The Kier molecular flexibility index (Phi) is 3.62. The minimum atomic E-state index is 0.718. The quantitative estimate of drug-likeness (QED) is 0.778. The number of nitrogens with zero attached hydrogens (tertiary/aromatic N) is 4. The van der Waals surface area contributed by atoms with Crippen LogP contribution >= 0.6 is 0 Å². The minimum absolute atomic E-state index is 0.718. The summed E-state index contributed by atoms with van der Waals surface area (Å²) >= 11 is 0. The van der Waals surface area contributed by atoms with E-state index in [0.717, 1.165) is 36.5 Å². The number of aromatic nitrogens is 2. The van der Waals surface area contributed by atoms with Crippen LogP contribution in [0.15, 0.2) is 6.07 Å². The first-order valence-electron chi connectivity index (χ1n) is 6.30. The molecule has 1 aliphatic heterocycles. The van der Waals surface area contributed by atoms with Gasteiger partial charge >= 0.3 is 0 Å². The first kappa shape index (κ1) is 12.3. The fraction of sp³-hybridized carbons (Fsp3) is 0.692. The zero-order valence-corrected chi connectivity index (χ0v) is 11.3. The van der Waals surface area contributed by atoms with Crippen LogP contribution < -0.4 is 4.90 Å². The van der Waals surface area contributed by atoms with Gasteiger partial charge in [-0.25, -0.2) is 9.97 Å². The Morgan fingerprint density at radius 2 is 1.82 bits per heavy atom. The third-order valence-corrected chi connectivity index (χ3v) is 3.47. The van der Waals surface area contributed by atoms with Gasteiger partial charge in [-0.2, -0.15) is 0 Å². The van der Waals surface area contributed by atoms with E-state index in [9.17, 15) is 0 Å². The zero-order valence-electron chi connectivity index (χ0n) is 11.3. The summed E-state index contributed by atoms with van der Waals surface area (Å²) in [4.78, 5) is 13.6. The Bertz CT molecular complexity index is 361. The van der Waals surface area contributed by atoms with Gasteiger partial charge in [-0.3, -0.25) is 0 Å². The Balaban J connectivity index is 2.05. The van der Waals surface area contributed by atoms with E-state index in [4.69, 9.17) is 0 Å². The van der Waals surface area contributed by atoms with E-state index in [1.54, 1.807) is 0 Å². The second-order valence-electron chi connectivity index (χ2n) is 5.10. The van der Waals surface area contributed by atoms with Crippen molar-refractivity contribution in [2.24, 2.45) is 0 Å². The van der Waals surface area contributed by atoms with Crippen molar-refractivity contribution in [2.75, 3.05) is 32.1 Å². The van der Waals surface area contributed by atoms with Crippen molar-refractivity contribution in [3.05, 3.63) is 17.6 Å². The molecular weight excluding hydrogens is 212 g/mol. The molecule has 2 rings (SSSR count). The van der Waals surface area contributed by atoms with Gasteiger partial charge in [-0.1, -0.05) is 0 Å². The molecular formula is C13H22N4. The van der Waals surface area contributed by atoms with Gasteiger partial charge in [0.25, 0.3) is 0 Å². The SMILES string of the molecule is Cc1cc(N2CCC(N(C)C)CC2)nc(C)n1. The second-order valence-corrected chi connectivity index (χ2v) is 5.10. The summed E-state index contributed by atoms with van der Waals surface area (Å²) in [5, 5.41) is 0. The summed E-state index contributed by atoms with van der Waals surface area (Å²) in [5.41, 5.74) is 1.06. The van der Waals surface area contributed by atoms with E-state index in [1.165, 1.54) is 12.8 Å². The van der Waals surface area contributed by atoms with Gasteiger partial charge in [-0.15, -0.1) is 0 Å². The molecule has 1 aliphatic rings. The van der Waals surface area contributed by atoms with E-state index in [2.05, 4.69) is 39.9 Å². The van der Waals surface area contributed by atoms with Gasteiger partial charge in [0.15, 0.2) is 0 Å². The highest BCUT2D eigenvalue weighted by atomic mass is 15.2. The molecule has 4 heteroatoms. The summed E-state index contributed by atoms with van der Waals surface area (Å²) in [6.45, 7) is 6.19. The molecule has 0 aliphatic carbocycles. The van der Waals surface area contributed by atoms with E-state index < -0.39 is 0 Å². The molecule has 4 nitrogen and oxygen atoms in total. The third-order valence-electron chi connectivity index (χ3n) is 3.47. The molecule has 17 heavy (non-hydrogen) atoms. The van der Waals surface area contributed by atoms with Gasteiger partial charge in [-0.05, 0) is 40.8 Å². The maximum absolute atomic E-state index is 4.53. The molecule has 0 spiro atoms. The largest absolute Gasteiger partial charge is 0.356 e. The molecule has 0 N–H and O–H groups in total. The smallest absolute Gasteiger partial charge is 0.132 e. The van der Waals surface area contributed by atoms with Gasteiger partial charge < -0.3 is 9.80 Å². The normalized spacial score (nSPS) is 17.8. The minimum Gasteiger partial charge on any atom is -0.356 e. The van der Waals surface area contributed by atoms with Gasteiger partial charge in [0, 0.05) is 30.9 Å². The molecule has 0 amide bonds. The lowest BCUT2D eigenvalue weighted by molar-refractivity contribution is 0.249. The average Bonchev–Trinajstić information content (AvgIpc) is 2.28. The number of aryl methyl sites for hydroxylation is 2. The number of anilines is 1. The van der Waals surface area contributed by atoms with Crippen LogP contribution in [0.5, 0.6) is 0 Å². The lowest BCUT2D eigenvalue weighted by atomic mass is 10.0. The molecule has 0 aromatic carbocycles. The molecule has 1 fully saturated rings. The van der Waals surface area contributed by atoms with Crippen LogP contribution in [0.4, 0.5) is 5.82 Å². The highest BCUT2D eigenvalue weighted by molar-refractivity contribution is 5.40. The van der Waals surface area contributed by atoms with Crippen LogP contribution in [-0.2, 0) is 0 Å². The highest BCUT2D eigenvalue weighted by Gasteiger charge is 2.21. The fourth-order valence-electron chi connectivity index (χ4n) is 2.47. The van der Waals surface area contributed by atoms with E-state index >= 15 is 0 Å². The molecule has 1 aromatic heterocycles. The van der Waals surface area contributed by atoms with Crippen LogP contribution in [0.3, 0.4) is 0 Å². The van der Waals surface area contributed by atoms with E-state index in [-0.39, 0.29) is 0 Å². The molecule has 0 unspecified atom stereocenters. The Hall–Kier alpha value is -1.16. The molecule has 0 radical (unpaired) electrons. The summed E-state index contributed by atoms with van der Waals surface area (Å²) in [7, 11) is 4.33. The summed E-state index contributed by atoms with van der Waals surface area (Å²) < 4.78 is 0. The van der Waals surface area contributed by atoms with Crippen LogP contribution in [-0.4, -0.2) is 48.1 Å². The maximum Gasteiger partial charge on any atom is 0.132 e. The summed E-state index contributed by atoms with van der Waals surface area (Å²) in [6, 6.07) is 2.80. The number of piperidine rings is 1. The summed E-state index contributed by atoms with van der Waals surface area (Å²) in [5.74, 6) is 1.96. The fourth-order valence-corrected chi connectivity index (χ4v) is 2.47. The second kappa shape index (κ2) is 5.00. The number of hydrogen-bond donors (Lipinski definition) is 0. The molecule has 1 saturated heterocycles. The van der Waals surface area contributed by atoms with Crippen LogP contribution in [0.25, 0.3) is 0 Å². The third kappa shape index (κ3) is 2.94. The maximum atomic E-state index is 4.53. The van der Waals surface area contributed by atoms with Crippen molar-refractivity contribution in [3.63, 3.8) is 0 Å². The predicted molar refractivity (Wildman–Crippen MR) is 70.4 cm³/mol. The Morgan fingerprint density at radius 3 is 2.35 bits per heavy atom. The van der Waals surface area contributed by atoms with Crippen molar-refractivity contribution in [3.8, 4) is 0 Å². The van der Waals surface area contributed by atoms with Crippen molar-refractivity contribution in [2.45, 2.75) is 32.7 Å². The van der Waals surface area contributed by atoms with Crippen molar-refractivity contribution < 1.29 is 0 Å². The average molecular weight is 234 g/mol. The van der Waals surface area contributed by atoms with Crippen LogP contribution in [0.1, 0.15) is 24.4 Å². The molecule has 94 valence electrons. The first-order chi connectivity index (χ1) is 8.06. The molecule has 0 atom stereocenters. The van der Waals surface area contributed by atoms with Crippen LogP contribution in [0, 0.1) is 13.8 Å². The van der Waals surface area contributed by atoms with Crippen molar-refractivity contribution >= 4 is 5.82 Å². The van der Waals surface area contributed by atoms with Crippen molar-refractivity contribution in [1.82, 2.24) is 14.9 Å². The predicted octanol–water partition coefficient (Wildman–Crippen LogP) is 1.62. The van der Waals surface area contributed by atoms with Crippen LogP contribution in [0.2, 0.25) is 0 Å². The lowest BCUT2D eigenvalue weighted by Crippen LogP contribution is -2.42. The van der Waals surface area contributed by atoms with Gasteiger partial charge in [0.05, 0.1) is 0 Å². The Labute approximate surface area is 104 Å². The van der Waals surface area contributed by atoms with E-state index in [0.29, 0.717) is 0 Å². The highest BCUT2D eigenvalue weighted by Crippen LogP contribution is 2.20. The van der Waals surface area contributed by atoms with Crippen molar-refractivity contribution in [1.29, 1.82) is 0 Å². The number of rotatable bonds is 2. The Morgan fingerprint density at radius 1 is 1.18 bits per heavy atom. The molecule has 1 aromatic rings. The molecule has 0 saturated carbocycles. The lowest BCUT2D eigenvalue weighted by Gasteiger charge is -2.35. The number of hydrogen-bond acceptors (Lipinski definition) is 4. The standard InChI is InChI=1S/C13H22N4/c1-10-9-13(15-11(2)14-10)17-7-5-12(6-8-17)16(3)4/h9,12H,5-8H2,1-4H3. The summed E-state index contributed by atoms with van der Waals surface area (Å²) in [6.07, 6.45) is 2.43.